The van der Waals surface area contributed by atoms with Gasteiger partial charge in [-0.05, 0) is 18.2 Å². The first kappa shape index (κ1) is 14.3. The van der Waals surface area contributed by atoms with E-state index in [4.69, 9.17) is 16.7 Å². The van der Waals surface area contributed by atoms with Crippen molar-refractivity contribution in [1.29, 1.82) is 0 Å². The summed E-state index contributed by atoms with van der Waals surface area (Å²) in [6.07, 6.45) is -0.783. The molecule has 19 heavy (non-hydrogen) atoms. The molecule has 1 aliphatic rings. The van der Waals surface area contributed by atoms with E-state index in [9.17, 15) is 14.7 Å². The number of hydrogen-bond acceptors (Lipinski definition) is 3. The molecule has 7 heteroatoms. The number of aliphatic hydroxyl groups excluding tert-OH is 1. The van der Waals surface area contributed by atoms with Crippen molar-refractivity contribution >= 4 is 39.4 Å². The fourth-order valence-corrected chi connectivity index (χ4v) is 2.84. The van der Waals surface area contributed by atoms with Crippen molar-refractivity contribution in [3.63, 3.8) is 0 Å². The first-order valence-electron chi connectivity index (χ1n) is 5.57. The van der Waals surface area contributed by atoms with Crippen LogP contribution < -0.4 is 0 Å². The lowest BCUT2D eigenvalue weighted by Gasteiger charge is -2.21. The molecule has 1 heterocycles. The summed E-state index contributed by atoms with van der Waals surface area (Å²) < 4.78 is 0.727. The topological polar surface area (TPSA) is 77.8 Å². The number of aliphatic carboxylic acids is 1. The van der Waals surface area contributed by atoms with E-state index >= 15 is 0 Å². The Morgan fingerprint density at radius 3 is 2.68 bits per heavy atom. The summed E-state index contributed by atoms with van der Waals surface area (Å²) in [5.74, 6) is -1.61. The van der Waals surface area contributed by atoms with Crippen molar-refractivity contribution < 1.29 is 19.8 Å². The zero-order valence-corrected chi connectivity index (χ0v) is 12.1. The Labute approximate surface area is 122 Å². The van der Waals surface area contributed by atoms with E-state index in [1.54, 1.807) is 12.1 Å². The number of carbonyl (C=O) groups excluding carboxylic acids is 1. The second-order valence-electron chi connectivity index (χ2n) is 4.33. The number of halogens is 2. The van der Waals surface area contributed by atoms with E-state index in [2.05, 4.69) is 15.9 Å². The summed E-state index contributed by atoms with van der Waals surface area (Å²) in [5.41, 5.74) is 0.227. The summed E-state index contributed by atoms with van der Waals surface area (Å²) in [6, 6.07) is 3.73. The maximum atomic E-state index is 12.3. The fraction of sp³-hybridized carbons (Fsp3) is 0.333. The summed E-state index contributed by atoms with van der Waals surface area (Å²) in [5, 5.41) is 18.8. The van der Waals surface area contributed by atoms with Gasteiger partial charge in [0.2, 0.25) is 0 Å². The van der Waals surface area contributed by atoms with Crippen LogP contribution >= 0.6 is 27.5 Å². The fourth-order valence-electron chi connectivity index (χ4n) is 2.09. The molecule has 1 saturated heterocycles. The lowest BCUT2D eigenvalue weighted by atomic mass is 10.1. The van der Waals surface area contributed by atoms with E-state index in [1.165, 1.54) is 6.07 Å². The molecular formula is C12H11BrClNO4. The van der Waals surface area contributed by atoms with Gasteiger partial charge in [-0.25, -0.2) is 4.79 Å². The van der Waals surface area contributed by atoms with Gasteiger partial charge in [-0.2, -0.15) is 0 Å². The van der Waals surface area contributed by atoms with Gasteiger partial charge in [0.15, 0.2) is 0 Å². The lowest BCUT2D eigenvalue weighted by molar-refractivity contribution is -0.141. The monoisotopic (exact) mass is 347 g/mol. The predicted molar refractivity (Wildman–Crippen MR) is 72.2 cm³/mol. The summed E-state index contributed by atoms with van der Waals surface area (Å²) >= 11 is 9.21. The average molecular weight is 349 g/mol. The van der Waals surface area contributed by atoms with Gasteiger partial charge in [0, 0.05) is 17.4 Å². The molecule has 5 nitrogen and oxygen atoms in total. The van der Waals surface area contributed by atoms with Crippen LogP contribution in [0.2, 0.25) is 5.02 Å². The number of amides is 1. The number of nitrogens with zero attached hydrogens (tertiary/aromatic N) is 1. The molecule has 2 N–H and O–H groups in total. The minimum atomic E-state index is -1.13. The number of carbonyl (C=O) groups is 2. The molecule has 1 aliphatic heterocycles. The highest BCUT2D eigenvalue weighted by Crippen LogP contribution is 2.26. The van der Waals surface area contributed by atoms with Crippen LogP contribution in [0, 0.1) is 0 Å². The van der Waals surface area contributed by atoms with Crippen molar-refractivity contribution in [3.05, 3.63) is 33.3 Å². The number of benzene rings is 1. The molecule has 0 radical (unpaired) electrons. The van der Waals surface area contributed by atoms with Crippen molar-refractivity contribution in [2.75, 3.05) is 6.54 Å². The SMILES string of the molecule is O=C(O)[C@@H]1C[C@@H](O)CN1C(=O)c1ccc(Br)cc1Cl. The number of hydrogen-bond donors (Lipinski definition) is 2. The van der Waals surface area contributed by atoms with E-state index in [0.29, 0.717) is 0 Å². The standard InChI is InChI=1S/C12H11BrClNO4/c13-6-1-2-8(9(14)3-6)11(17)15-5-7(16)4-10(15)12(18)19/h1-3,7,10,16H,4-5H2,(H,18,19)/t7-,10+/m1/s1. The maximum Gasteiger partial charge on any atom is 0.326 e. The Balaban J connectivity index is 2.30. The second kappa shape index (κ2) is 5.48. The van der Waals surface area contributed by atoms with E-state index in [0.717, 1.165) is 9.37 Å². The lowest BCUT2D eigenvalue weighted by Crippen LogP contribution is -2.40. The first-order valence-corrected chi connectivity index (χ1v) is 6.74. The number of β-amino-alcohol motifs (C(OH)–C–C–N with tert-alkyl or cyclic N) is 1. The van der Waals surface area contributed by atoms with Crippen molar-refractivity contribution in [2.24, 2.45) is 0 Å². The molecule has 1 fully saturated rings. The maximum absolute atomic E-state index is 12.3. The average Bonchev–Trinajstić information content (AvgIpc) is 2.70. The molecule has 0 aromatic heterocycles. The molecule has 1 aromatic carbocycles. The van der Waals surface area contributed by atoms with E-state index in [-0.39, 0.29) is 23.6 Å². The Morgan fingerprint density at radius 2 is 2.11 bits per heavy atom. The van der Waals surface area contributed by atoms with Gasteiger partial charge >= 0.3 is 5.97 Å². The van der Waals surface area contributed by atoms with Crippen molar-refractivity contribution in [2.45, 2.75) is 18.6 Å². The highest BCUT2D eigenvalue weighted by Gasteiger charge is 2.39. The van der Waals surface area contributed by atoms with Crippen molar-refractivity contribution in [3.8, 4) is 0 Å². The highest BCUT2D eigenvalue weighted by atomic mass is 79.9. The molecule has 1 aromatic rings. The third-order valence-corrected chi connectivity index (χ3v) is 3.79. The molecule has 0 aliphatic carbocycles. The Hall–Kier alpha value is -1.11. The number of rotatable bonds is 2. The third kappa shape index (κ3) is 2.91. The van der Waals surface area contributed by atoms with Gasteiger partial charge in [0.05, 0.1) is 16.7 Å². The minimum absolute atomic E-state index is 0.00218. The molecular weight excluding hydrogens is 337 g/mol. The Bertz CT molecular complexity index is 536. The van der Waals surface area contributed by atoms with Crippen LogP contribution in [0.1, 0.15) is 16.8 Å². The molecule has 0 unspecified atom stereocenters. The van der Waals surface area contributed by atoms with Gasteiger partial charge in [0.25, 0.3) is 5.91 Å². The molecule has 0 saturated carbocycles. The van der Waals surface area contributed by atoms with Gasteiger partial charge in [-0.1, -0.05) is 27.5 Å². The zero-order valence-electron chi connectivity index (χ0n) is 9.72. The molecule has 102 valence electrons. The minimum Gasteiger partial charge on any atom is -0.480 e. The molecule has 2 rings (SSSR count). The predicted octanol–water partition coefficient (Wildman–Crippen LogP) is 1.76. The molecule has 1 amide bonds. The zero-order chi connectivity index (χ0) is 14.2. The van der Waals surface area contributed by atoms with Gasteiger partial charge < -0.3 is 15.1 Å². The number of carboxylic acids is 1. The molecule has 0 bridgehead atoms. The summed E-state index contributed by atoms with van der Waals surface area (Å²) in [4.78, 5) is 24.5. The summed E-state index contributed by atoms with van der Waals surface area (Å²) in [7, 11) is 0. The van der Waals surface area contributed by atoms with Crippen LogP contribution in [0.25, 0.3) is 0 Å². The quantitative estimate of drug-likeness (QED) is 0.854. The van der Waals surface area contributed by atoms with Crippen LogP contribution in [-0.4, -0.2) is 45.7 Å². The number of carboxylic acid groups (broad SMARTS) is 1. The Kier molecular flexibility index (Phi) is 4.13. The van der Waals surface area contributed by atoms with E-state index < -0.39 is 24.0 Å². The first-order chi connectivity index (χ1) is 8.90. The van der Waals surface area contributed by atoms with Crippen LogP contribution in [0.15, 0.2) is 22.7 Å². The molecule has 0 spiro atoms. The number of likely N-dealkylation sites (tertiary alicyclic amines) is 1. The van der Waals surface area contributed by atoms with Gasteiger partial charge in [-0.3, -0.25) is 4.79 Å². The van der Waals surface area contributed by atoms with Crippen LogP contribution in [-0.2, 0) is 4.79 Å². The van der Waals surface area contributed by atoms with Crippen LogP contribution in [0.5, 0.6) is 0 Å². The van der Waals surface area contributed by atoms with Crippen molar-refractivity contribution in [1.82, 2.24) is 4.90 Å². The van der Waals surface area contributed by atoms with Crippen LogP contribution in [0.4, 0.5) is 0 Å². The highest BCUT2D eigenvalue weighted by molar-refractivity contribution is 9.10. The number of aliphatic hydroxyl groups is 1. The van der Waals surface area contributed by atoms with Gasteiger partial charge in [0.1, 0.15) is 6.04 Å². The largest absolute Gasteiger partial charge is 0.480 e. The smallest absolute Gasteiger partial charge is 0.326 e. The third-order valence-electron chi connectivity index (χ3n) is 2.99. The Morgan fingerprint density at radius 1 is 1.42 bits per heavy atom. The van der Waals surface area contributed by atoms with Crippen LogP contribution in [0.3, 0.4) is 0 Å². The van der Waals surface area contributed by atoms with E-state index in [1.807, 2.05) is 0 Å². The normalized spacial score (nSPS) is 22.6. The summed E-state index contributed by atoms with van der Waals surface area (Å²) in [6.45, 7) is 0.00218. The van der Waals surface area contributed by atoms with Gasteiger partial charge in [-0.15, -0.1) is 0 Å². The second-order valence-corrected chi connectivity index (χ2v) is 5.65. The molecule has 2 atom stereocenters.